The van der Waals surface area contributed by atoms with Gasteiger partial charge >= 0.3 is 0 Å². The summed E-state index contributed by atoms with van der Waals surface area (Å²) >= 11 is 0. The number of aromatic nitrogens is 2. The van der Waals surface area contributed by atoms with Gasteiger partial charge in [0.15, 0.2) is 0 Å². The SMILES string of the molecule is CN1C(=O)[C@@H]2C[C@@H](O)CN2C2(CN(Cc3cnc[nH]3)C2)C1=O. The van der Waals surface area contributed by atoms with Crippen LogP contribution in [0.4, 0.5) is 0 Å². The number of hydrogen-bond donors (Lipinski definition) is 2. The number of nitrogens with one attached hydrogen (secondary N) is 1. The molecule has 3 fully saturated rings. The second kappa shape index (κ2) is 4.61. The van der Waals surface area contributed by atoms with Crippen LogP contribution in [0.1, 0.15) is 12.1 Å². The van der Waals surface area contributed by atoms with E-state index in [1.165, 1.54) is 4.90 Å². The van der Waals surface area contributed by atoms with Crippen molar-refractivity contribution in [1.82, 2.24) is 24.7 Å². The van der Waals surface area contributed by atoms with Gasteiger partial charge in [0, 0.05) is 45.1 Å². The fourth-order valence-electron chi connectivity index (χ4n) is 4.01. The first kappa shape index (κ1) is 13.9. The van der Waals surface area contributed by atoms with Crippen molar-refractivity contribution in [2.24, 2.45) is 0 Å². The number of nitrogens with zero attached hydrogens (tertiary/aromatic N) is 4. The van der Waals surface area contributed by atoms with Gasteiger partial charge in [-0.15, -0.1) is 0 Å². The summed E-state index contributed by atoms with van der Waals surface area (Å²) in [7, 11) is 1.55. The van der Waals surface area contributed by atoms with Gasteiger partial charge in [0.1, 0.15) is 5.54 Å². The van der Waals surface area contributed by atoms with Crippen LogP contribution >= 0.6 is 0 Å². The van der Waals surface area contributed by atoms with Gasteiger partial charge in [0.25, 0.3) is 5.91 Å². The van der Waals surface area contributed by atoms with E-state index in [2.05, 4.69) is 14.9 Å². The molecular formula is C14H19N5O3. The van der Waals surface area contributed by atoms with E-state index < -0.39 is 11.6 Å². The van der Waals surface area contributed by atoms with E-state index >= 15 is 0 Å². The van der Waals surface area contributed by atoms with E-state index in [0.29, 0.717) is 32.6 Å². The topological polar surface area (TPSA) is 92.8 Å². The molecule has 0 unspecified atom stereocenters. The second-order valence-corrected chi connectivity index (χ2v) is 6.51. The molecule has 4 heterocycles. The van der Waals surface area contributed by atoms with Crippen LogP contribution in [-0.4, -0.2) is 86.0 Å². The smallest absolute Gasteiger partial charge is 0.252 e. The summed E-state index contributed by atoms with van der Waals surface area (Å²) in [6, 6.07) is -0.369. The predicted octanol–water partition coefficient (Wildman–Crippen LogP) is -1.60. The lowest BCUT2D eigenvalue weighted by atomic mass is 9.82. The molecule has 1 aromatic rings. The number of amides is 2. The number of aromatic amines is 1. The maximum atomic E-state index is 12.7. The molecule has 22 heavy (non-hydrogen) atoms. The third kappa shape index (κ3) is 1.77. The van der Waals surface area contributed by atoms with Gasteiger partial charge in [0.05, 0.1) is 18.5 Å². The number of β-amino-alcohol motifs (C(OH)–C–C–N with tert-alkyl or cyclic N) is 1. The molecule has 8 nitrogen and oxygen atoms in total. The van der Waals surface area contributed by atoms with Gasteiger partial charge in [-0.2, -0.15) is 0 Å². The van der Waals surface area contributed by atoms with Gasteiger partial charge in [-0.25, -0.2) is 4.98 Å². The Hall–Kier alpha value is -1.77. The Labute approximate surface area is 127 Å². The monoisotopic (exact) mass is 305 g/mol. The number of imidazole rings is 1. The first-order chi connectivity index (χ1) is 10.5. The Kier molecular flexibility index (Phi) is 2.91. The van der Waals surface area contributed by atoms with Crippen LogP contribution in [0.2, 0.25) is 0 Å². The molecule has 1 aromatic heterocycles. The fourth-order valence-corrected chi connectivity index (χ4v) is 4.01. The molecule has 1 spiro atoms. The number of piperazine rings is 1. The molecule has 4 rings (SSSR count). The number of fused-ring (bicyclic) bond motifs is 2. The molecule has 3 saturated heterocycles. The average Bonchev–Trinajstić information content (AvgIpc) is 3.08. The molecule has 2 atom stereocenters. The zero-order chi connectivity index (χ0) is 15.5. The highest BCUT2D eigenvalue weighted by Crippen LogP contribution is 2.40. The molecule has 0 bridgehead atoms. The highest BCUT2D eigenvalue weighted by molar-refractivity contribution is 6.05. The number of H-pyrrole nitrogens is 1. The molecule has 3 aliphatic rings. The summed E-state index contributed by atoms with van der Waals surface area (Å²) in [5.74, 6) is -0.345. The highest BCUT2D eigenvalue weighted by Gasteiger charge is 2.63. The lowest BCUT2D eigenvalue weighted by molar-refractivity contribution is -0.178. The number of likely N-dealkylation sites (tertiary alicyclic amines) is 1. The minimum absolute atomic E-state index is 0.149. The van der Waals surface area contributed by atoms with E-state index in [4.69, 9.17) is 0 Å². The maximum Gasteiger partial charge on any atom is 0.252 e. The van der Waals surface area contributed by atoms with Gasteiger partial charge < -0.3 is 10.1 Å². The van der Waals surface area contributed by atoms with Crippen LogP contribution in [0.5, 0.6) is 0 Å². The van der Waals surface area contributed by atoms with Gasteiger partial charge in [-0.05, 0) is 6.42 Å². The summed E-state index contributed by atoms with van der Waals surface area (Å²) in [4.78, 5) is 37.3. The Bertz CT molecular complexity index is 610. The molecule has 2 amide bonds. The first-order valence-corrected chi connectivity index (χ1v) is 7.48. The fraction of sp³-hybridized carbons (Fsp3) is 0.643. The van der Waals surface area contributed by atoms with E-state index in [1.807, 2.05) is 4.90 Å². The summed E-state index contributed by atoms with van der Waals surface area (Å²) in [5.41, 5.74) is 0.339. The van der Waals surface area contributed by atoms with Crippen molar-refractivity contribution in [3.05, 3.63) is 18.2 Å². The molecule has 118 valence electrons. The van der Waals surface area contributed by atoms with E-state index in [1.54, 1.807) is 19.6 Å². The standard InChI is InChI=1S/C14H19N5O3/c1-17-12(21)11-2-10(20)5-19(11)14(13(17)22)6-18(7-14)4-9-3-15-8-16-9/h3,8,10-11,20H,2,4-7H2,1H3,(H,15,16)/t10-,11+/m1/s1. The van der Waals surface area contributed by atoms with Crippen molar-refractivity contribution in [2.45, 2.75) is 30.7 Å². The lowest BCUT2D eigenvalue weighted by Crippen LogP contribution is -2.80. The third-order valence-electron chi connectivity index (χ3n) is 5.07. The number of aliphatic hydroxyl groups is 1. The van der Waals surface area contributed by atoms with Gasteiger partial charge in [0.2, 0.25) is 5.91 Å². The van der Waals surface area contributed by atoms with Crippen LogP contribution in [0.25, 0.3) is 0 Å². The van der Waals surface area contributed by atoms with Crippen molar-refractivity contribution in [3.63, 3.8) is 0 Å². The van der Waals surface area contributed by atoms with Crippen LogP contribution in [0.15, 0.2) is 12.5 Å². The van der Waals surface area contributed by atoms with Crippen LogP contribution < -0.4 is 0 Å². The summed E-state index contributed by atoms with van der Waals surface area (Å²) in [6.45, 7) is 2.25. The summed E-state index contributed by atoms with van der Waals surface area (Å²) in [5, 5.41) is 9.92. The Morgan fingerprint density at radius 3 is 2.91 bits per heavy atom. The quantitative estimate of drug-likeness (QED) is 0.639. The Balaban J connectivity index is 1.55. The van der Waals surface area contributed by atoms with Crippen molar-refractivity contribution in [3.8, 4) is 0 Å². The third-order valence-corrected chi connectivity index (χ3v) is 5.07. The molecule has 3 aliphatic heterocycles. The average molecular weight is 305 g/mol. The van der Waals surface area contributed by atoms with Crippen LogP contribution in [0.3, 0.4) is 0 Å². The van der Waals surface area contributed by atoms with Crippen LogP contribution in [0, 0.1) is 0 Å². The summed E-state index contributed by atoms with van der Waals surface area (Å²) in [6.07, 6.45) is 3.28. The molecular weight excluding hydrogens is 286 g/mol. The van der Waals surface area contributed by atoms with Crippen molar-refractivity contribution < 1.29 is 14.7 Å². The number of likely N-dealkylation sites (N-methyl/N-ethyl adjacent to an activating group) is 1. The normalized spacial score (nSPS) is 31.6. The minimum atomic E-state index is -0.662. The number of hydrogen-bond acceptors (Lipinski definition) is 6. The van der Waals surface area contributed by atoms with Gasteiger partial charge in [-0.1, -0.05) is 0 Å². The van der Waals surface area contributed by atoms with E-state index in [0.717, 1.165) is 5.69 Å². The zero-order valence-corrected chi connectivity index (χ0v) is 12.4. The zero-order valence-electron chi connectivity index (χ0n) is 12.4. The number of imide groups is 1. The molecule has 2 N–H and O–H groups in total. The Morgan fingerprint density at radius 1 is 1.45 bits per heavy atom. The van der Waals surface area contributed by atoms with Crippen molar-refractivity contribution >= 4 is 11.8 Å². The van der Waals surface area contributed by atoms with Gasteiger partial charge in [-0.3, -0.25) is 24.3 Å². The number of carbonyl (C=O) groups is 2. The molecule has 0 saturated carbocycles. The molecule has 0 radical (unpaired) electrons. The first-order valence-electron chi connectivity index (χ1n) is 7.48. The maximum absolute atomic E-state index is 12.7. The van der Waals surface area contributed by atoms with Crippen molar-refractivity contribution in [2.75, 3.05) is 26.7 Å². The number of aliphatic hydroxyl groups excluding tert-OH is 1. The highest BCUT2D eigenvalue weighted by atomic mass is 16.3. The van der Waals surface area contributed by atoms with Crippen molar-refractivity contribution in [1.29, 1.82) is 0 Å². The molecule has 0 aromatic carbocycles. The molecule has 0 aliphatic carbocycles. The molecule has 8 heteroatoms. The number of rotatable bonds is 2. The number of carbonyl (C=O) groups excluding carboxylic acids is 2. The van der Waals surface area contributed by atoms with Crippen LogP contribution in [-0.2, 0) is 16.1 Å². The van der Waals surface area contributed by atoms with E-state index in [-0.39, 0.29) is 17.9 Å². The Morgan fingerprint density at radius 2 is 2.23 bits per heavy atom. The lowest BCUT2D eigenvalue weighted by Gasteiger charge is -2.58. The minimum Gasteiger partial charge on any atom is -0.392 e. The van der Waals surface area contributed by atoms with E-state index in [9.17, 15) is 14.7 Å². The second-order valence-electron chi connectivity index (χ2n) is 6.51. The predicted molar refractivity (Wildman–Crippen MR) is 75.5 cm³/mol. The largest absolute Gasteiger partial charge is 0.392 e. The summed E-state index contributed by atoms with van der Waals surface area (Å²) < 4.78 is 0.